The van der Waals surface area contributed by atoms with Gasteiger partial charge in [-0.15, -0.1) is 0 Å². The number of nitrogens with two attached hydrogens (primary N) is 1. The highest BCUT2D eigenvalue weighted by atomic mass is 31.1. The van der Waals surface area contributed by atoms with Crippen molar-refractivity contribution in [1.29, 1.82) is 0 Å². The molecule has 0 saturated heterocycles. The molecule has 0 fully saturated rings. The van der Waals surface area contributed by atoms with E-state index in [9.17, 15) is 0 Å². The Kier molecular flexibility index (Phi) is 5.04. The van der Waals surface area contributed by atoms with Crippen molar-refractivity contribution in [3.05, 3.63) is 83.9 Å². The van der Waals surface area contributed by atoms with Crippen molar-refractivity contribution in [3.8, 4) is 11.1 Å². The van der Waals surface area contributed by atoms with Crippen LogP contribution in [0.15, 0.2) is 72.8 Å². The SMILES string of the molecule is B.NCCP1Cc2ccc3ccccc3c2-c2c(ccc3ccccc23)C1. The lowest BCUT2D eigenvalue weighted by molar-refractivity contribution is 1.12. The minimum atomic E-state index is -0.107. The van der Waals surface area contributed by atoms with E-state index in [4.69, 9.17) is 5.73 Å². The summed E-state index contributed by atoms with van der Waals surface area (Å²) < 4.78 is 0. The van der Waals surface area contributed by atoms with Crippen LogP contribution in [0.2, 0.25) is 0 Å². The molecule has 0 spiro atoms. The van der Waals surface area contributed by atoms with E-state index < -0.39 is 0 Å². The van der Waals surface area contributed by atoms with Crippen molar-refractivity contribution in [2.24, 2.45) is 5.73 Å². The monoisotopic (exact) mass is 369 g/mol. The first-order valence-electron chi connectivity index (χ1n) is 9.29. The van der Waals surface area contributed by atoms with Crippen molar-refractivity contribution < 1.29 is 0 Å². The van der Waals surface area contributed by atoms with Gasteiger partial charge in [-0.1, -0.05) is 80.7 Å². The molecule has 1 heterocycles. The summed E-state index contributed by atoms with van der Waals surface area (Å²) in [5.74, 6) is 0. The smallest absolute Gasteiger partial charge is 0.0814 e. The summed E-state index contributed by atoms with van der Waals surface area (Å²) in [5.41, 5.74) is 11.9. The van der Waals surface area contributed by atoms with E-state index in [1.807, 2.05) is 0 Å². The van der Waals surface area contributed by atoms with Crippen LogP contribution in [-0.4, -0.2) is 21.1 Å². The summed E-state index contributed by atoms with van der Waals surface area (Å²) in [6.07, 6.45) is 3.50. The van der Waals surface area contributed by atoms with Gasteiger partial charge in [0.05, 0.1) is 8.41 Å². The van der Waals surface area contributed by atoms with E-state index in [1.54, 1.807) is 0 Å². The highest BCUT2D eigenvalue weighted by molar-refractivity contribution is 7.56. The third kappa shape index (κ3) is 3.08. The lowest BCUT2D eigenvalue weighted by Gasteiger charge is -2.15. The zero-order valence-corrected chi connectivity index (χ0v) is 15.7. The summed E-state index contributed by atoms with van der Waals surface area (Å²) in [6.45, 7) is 0.789. The summed E-state index contributed by atoms with van der Waals surface area (Å²) in [7, 11) is -0.107. The van der Waals surface area contributed by atoms with Crippen molar-refractivity contribution in [1.82, 2.24) is 0 Å². The molecule has 0 amide bonds. The van der Waals surface area contributed by atoms with Crippen molar-refractivity contribution >= 4 is 37.9 Å². The molecule has 5 rings (SSSR count). The van der Waals surface area contributed by atoms with Gasteiger partial charge in [-0.2, -0.15) is 0 Å². The Balaban J connectivity index is 0.00000180. The van der Waals surface area contributed by atoms with Crippen LogP contribution >= 0.6 is 7.92 Å². The van der Waals surface area contributed by atoms with Gasteiger partial charge in [-0.25, -0.2) is 0 Å². The molecule has 1 aliphatic heterocycles. The van der Waals surface area contributed by atoms with Gasteiger partial charge < -0.3 is 5.73 Å². The van der Waals surface area contributed by atoms with E-state index >= 15 is 0 Å². The predicted molar refractivity (Wildman–Crippen MR) is 125 cm³/mol. The van der Waals surface area contributed by atoms with Gasteiger partial charge in [0, 0.05) is 0 Å². The molecule has 0 aliphatic carbocycles. The number of benzene rings is 4. The fourth-order valence-electron chi connectivity index (χ4n) is 4.37. The largest absolute Gasteiger partial charge is 0.330 e. The van der Waals surface area contributed by atoms with Crippen molar-refractivity contribution in [3.63, 3.8) is 0 Å². The quantitative estimate of drug-likeness (QED) is 0.394. The Labute approximate surface area is 163 Å². The second kappa shape index (κ2) is 7.47. The fraction of sp³-hybridized carbons (Fsp3) is 0.167. The van der Waals surface area contributed by atoms with Crippen LogP contribution in [0.25, 0.3) is 32.7 Å². The number of hydrogen-bond acceptors (Lipinski definition) is 1. The first-order valence-corrected chi connectivity index (χ1v) is 11.2. The Morgan fingerprint density at radius 3 is 1.63 bits per heavy atom. The predicted octanol–water partition coefficient (Wildman–Crippen LogP) is 4.93. The topological polar surface area (TPSA) is 26.0 Å². The average Bonchev–Trinajstić information content (AvgIpc) is 2.84. The van der Waals surface area contributed by atoms with Gasteiger partial charge in [-0.3, -0.25) is 0 Å². The first-order chi connectivity index (χ1) is 12.8. The van der Waals surface area contributed by atoms with E-state index in [0.29, 0.717) is 0 Å². The molecule has 0 radical (unpaired) electrons. The maximum atomic E-state index is 5.95. The molecule has 4 aromatic rings. The van der Waals surface area contributed by atoms with Crippen LogP contribution in [0.1, 0.15) is 11.1 Å². The van der Waals surface area contributed by atoms with Gasteiger partial charge in [0.1, 0.15) is 0 Å². The molecule has 134 valence electrons. The van der Waals surface area contributed by atoms with E-state index in [0.717, 1.165) is 12.7 Å². The molecule has 0 unspecified atom stereocenters. The van der Waals surface area contributed by atoms with Crippen LogP contribution < -0.4 is 5.73 Å². The van der Waals surface area contributed by atoms with Crippen LogP contribution in [0.3, 0.4) is 0 Å². The molecule has 1 nitrogen and oxygen atoms in total. The highest BCUT2D eigenvalue weighted by Gasteiger charge is 2.23. The maximum Gasteiger partial charge on any atom is 0.0814 e. The molecule has 3 heteroatoms. The van der Waals surface area contributed by atoms with Crippen LogP contribution in [-0.2, 0) is 12.3 Å². The van der Waals surface area contributed by atoms with Gasteiger partial charge in [0.15, 0.2) is 0 Å². The average molecular weight is 369 g/mol. The van der Waals surface area contributed by atoms with Crippen LogP contribution in [0, 0.1) is 0 Å². The van der Waals surface area contributed by atoms with Gasteiger partial charge in [0.2, 0.25) is 0 Å². The zero-order chi connectivity index (χ0) is 17.5. The minimum Gasteiger partial charge on any atom is -0.330 e. The molecule has 0 bridgehead atoms. The Morgan fingerprint density at radius 1 is 0.667 bits per heavy atom. The Morgan fingerprint density at radius 2 is 1.15 bits per heavy atom. The van der Waals surface area contributed by atoms with Crippen molar-refractivity contribution in [2.45, 2.75) is 12.3 Å². The maximum absolute atomic E-state index is 5.95. The summed E-state index contributed by atoms with van der Waals surface area (Å²) in [4.78, 5) is 0. The van der Waals surface area contributed by atoms with Crippen molar-refractivity contribution in [2.75, 3.05) is 12.7 Å². The lowest BCUT2D eigenvalue weighted by Crippen LogP contribution is -2.05. The van der Waals surface area contributed by atoms with Crippen LogP contribution in [0.4, 0.5) is 0 Å². The second-order valence-corrected chi connectivity index (χ2v) is 9.56. The molecular weight excluding hydrogens is 344 g/mol. The number of rotatable bonds is 2. The summed E-state index contributed by atoms with van der Waals surface area (Å²) in [5, 5.41) is 5.42. The Hall–Kier alpha value is -2.15. The lowest BCUT2D eigenvalue weighted by atomic mass is 9.88. The first kappa shape index (κ1) is 18.2. The minimum absolute atomic E-state index is 0. The molecule has 0 saturated carbocycles. The molecule has 4 aromatic carbocycles. The normalized spacial score (nSPS) is 13.7. The molecule has 1 aliphatic rings. The summed E-state index contributed by atoms with van der Waals surface area (Å²) >= 11 is 0. The van der Waals surface area contributed by atoms with E-state index in [1.165, 1.54) is 56.1 Å². The highest BCUT2D eigenvalue weighted by Crippen LogP contribution is 2.52. The van der Waals surface area contributed by atoms with E-state index in [2.05, 4.69) is 72.8 Å². The van der Waals surface area contributed by atoms with E-state index in [-0.39, 0.29) is 16.3 Å². The third-order valence-electron chi connectivity index (χ3n) is 5.51. The van der Waals surface area contributed by atoms with Gasteiger partial charge in [0.25, 0.3) is 0 Å². The van der Waals surface area contributed by atoms with Gasteiger partial charge >= 0.3 is 0 Å². The number of hydrogen-bond donors (Lipinski definition) is 1. The fourth-order valence-corrected chi connectivity index (χ4v) is 6.65. The molecule has 0 aromatic heterocycles. The molecule has 2 N–H and O–H groups in total. The molecule has 27 heavy (non-hydrogen) atoms. The van der Waals surface area contributed by atoms with Crippen LogP contribution in [0.5, 0.6) is 0 Å². The second-order valence-electron chi connectivity index (χ2n) is 7.14. The van der Waals surface area contributed by atoms with Gasteiger partial charge in [-0.05, 0) is 68.8 Å². The number of fused-ring (bicyclic) bond motifs is 7. The standard InChI is InChI=1S/C24H22NP.BH3/c25-13-14-26-15-19-11-9-17-5-1-3-7-21(17)23(19)24-20(16-26)12-10-18-6-2-4-8-22(18)24;/h1-12H,13-16,25H2;1H3. The molecule has 0 atom stereocenters. The Bertz CT molecular complexity index is 1030. The molecular formula is C24H25BNP. The summed E-state index contributed by atoms with van der Waals surface area (Å²) in [6, 6.07) is 26.9. The third-order valence-corrected chi connectivity index (χ3v) is 7.98. The zero-order valence-electron chi connectivity index (χ0n) is 14.8.